The van der Waals surface area contributed by atoms with Crippen LogP contribution in [0.25, 0.3) is 0 Å². The molecule has 116 valence electrons. The van der Waals surface area contributed by atoms with E-state index in [1.807, 2.05) is 13.0 Å². The van der Waals surface area contributed by atoms with Crippen LogP contribution in [0.2, 0.25) is 0 Å². The number of rotatable bonds is 3. The zero-order valence-electron chi connectivity index (χ0n) is 12.8. The molecule has 0 saturated carbocycles. The van der Waals surface area contributed by atoms with Crippen molar-refractivity contribution in [1.82, 2.24) is 20.1 Å². The third-order valence-corrected chi connectivity index (χ3v) is 4.40. The van der Waals surface area contributed by atoms with E-state index in [0.29, 0.717) is 23.6 Å². The summed E-state index contributed by atoms with van der Waals surface area (Å²) in [6, 6.07) is 4.09. The highest BCUT2D eigenvalue weighted by molar-refractivity contribution is 7.71. The third-order valence-electron chi connectivity index (χ3n) is 4.04. The fraction of sp³-hybridized carbons (Fsp3) is 0.400. The molecule has 1 amide bonds. The molecule has 0 fully saturated rings. The second kappa shape index (κ2) is 5.57. The van der Waals surface area contributed by atoms with Crippen LogP contribution in [0.4, 0.5) is 0 Å². The van der Waals surface area contributed by atoms with Gasteiger partial charge in [-0.1, -0.05) is 6.07 Å². The van der Waals surface area contributed by atoms with Gasteiger partial charge in [0.25, 0.3) is 5.91 Å². The van der Waals surface area contributed by atoms with Crippen LogP contribution in [-0.4, -0.2) is 26.8 Å². The van der Waals surface area contributed by atoms with Crippen LogP contribution < -0.4 is 10.1 Å². The van der Waals surface area contributed by atoms with Crippen molar-refractivity contribution in [3.05, 3.63) is 39.4 Å². The highest BCUT2D eigenvalue weighted by Crippen LogP contribution is 2.31. The van der Waals surface area contributed by atoms with Crippen molar-refractivity contribution in [1.29, 1.82) is 0 Å². The summed E-state index contributed by atoms with van der Waals surface area (Å²) in [5.41, 5.74) is 3.47. The Kier molecular flexibility index (Phi) is 3.74. The van der Waals surface area contributed by atoms with Crippen molar-refractivity contribution in [2.24, 2.45) is 7.05 Å². The average molecular weight is 318 g/mol. The van der Waals surface area contributed by atoms with Crippen LogP contribution >= 0.6 is 12.2 Å². The first-order valence-corrected chi connectivity index (χ1v) is 7.51. The lowest BCUT2D eigenvalue weighted by atomic mass is 10.0. The maximum absolute atomic E-state index is 12.3. The van der Waals surface area contributed by atoms with Gasteiger partial charge in [0.1, 0.15) is 5.75 Å². The number of hydrogen-bond donors (Lipinski definition) is 2. The monoisotopic (exact) mass is 318 g/mol. The lowest BCUT2D eigenvalue weighted by Gasteiger charge is -2.11. The molecule has 1 aromatic carbocycles. The summed E-state index contributed by atoms with van der Waals surface area (Å²) in [5, 5.41) is 9.60. The highest BCUT2D eigenvalue weighted by Gasteiger charge is 2.29. The molecule has 2 N–H and O–H groups in total. The molecule has 3 rings (SSSR count). The van der Waals surface area contributed by atoms with Crippen LogP contribution in [0.3, 0.4) is 0 Å². The van der Waals surface area contributed by atoms with Crippen molar-refractivity contribution < 1.29 is 9.53 Å². The number of aromatic nitrogens is 3. The smallest absolute Gasteiger partial charge is 0.261 e. The molecule has 2 heterocycles. The Hall–Kier alpha value is -2.15. The minimum atomic E-state index is -0.483. The van der Waals surface area contributed by atoms with E-state index in [1.54, 1.807) is 11.6 Å². The number of hydrogen-bond acceptors (Lipinski definition) is 4. The predicted molar refractivity (Wildman–Crippen MR) is 84.3 cm³/mol. The summed E-state index contributed by atoms with van der Waals surface area (Å²) in [4.78, 5) is 12.3. The summed E-state index contributed by atoms with van der Waals surface area (Å²) >= 11 is 5.04. The van der Waals surface area contributed by atoms with Crippen LogP contribution in [-0.2, 0) is 24.8 Å². The third kappa shape index (κ3) is 2.64. The van der Waals surface area contributed by atoms with E-state index in [-0.39, 0.29) is 5.91 Å². The molecule has 1 unspecified atom stereocenters. The second-order valence-corrected chi connectivity index (χ2v) is 5.96. The first-order chi connectivity index (χ1) is 10.5. The van der Waals surface area contributed by atoms with Gasteiger partial charge in [-0.2, -0.15) is 5.10 Å². The van der Waals surface area contributed by atoms with Gasteiger partial charge in [0.2, 0.25) is 0 Å². The number of nitrogens with zero attached hydrogens (tertiary/aromatic N) is 2. The number of aromatic amines is 1. The lowest BCUT2D eigenvalue weighted by molar-refractivity contribution is -0.127. The SMILES string of the molecule is Cc1cc2c(cc1C)OC(C(=O)NCc1n[nH]c(=S)n1C)C2. The van der Waals surface area contributed by atoms with Gasteiger partial charge in [-0.05, 0) is 48.8 Å². The molecule has 2 aromatic rings. The number of H-pyrrole nitrogens is 1. The van der Waals surface area contributed by atoms with Gasteiger partial charge in [-0.3, -0.25) is 9.89 Å². The lowest BCUT2D eigenvalue weighted by Crippen LogP contribution is -2.37. The van der Waals surface area contributed by atoms with Crippen LogP contribution in [0.1, 0.15) is 22.5 Å². The summed E-state index contributed by atoms with van der Waals surface area (Å²) in [5.74, 6) is 1.35. The van der Waals surface area contributed by atoms with Gasteiger partial charge < -0.3 is 14.6 Å². The molecule has 22 heavy (non-hydrogen) atoms. The van der Waals surface area contributed by atoms with Gasteiger partial charge in [0, 0.05) is 13.5 Å². The minimum absolute atomic E-state index is 0.138. The fourth-order valence-electron chi connectivity index (χ4n) is 2.48. The van der Waals surface area contributed by atoms with Crippen molar-refractivity contribution in [3.63, 3.8) is 0 Å². The average Bonchev–Trinajstić information content (AvgIpc) is 3.02. The molecule has 1 aromatic heterocycles. The number of fused-ring (bicyclic) bond motifs is 1. The molecule has 0 spiro atoms. The van der Waals surface area contributed by atoms with Crippen molar-refractivity contribution in [3.8, 4) is 5.75 Å². The van der Waals surface area contributed by atoms with Crippen LogP contribution in [0.15, 0.2) is 12.1 Å². The molecular weight excluding hydrogens is 300 g/mol. The topological polar surface area (TPSA) is 71.9 Å². The minimum Gasteiger partial charge on any atom is -0.480 e. The molecule has 7 heteroatoms. The standard InChI is InChI=1S/C15H18N4O2S/c1-8-4-10-6-12(21-11(10)5-9(8)2)14(20)16-7-13-17-18-15(22)19(13)3/h4-5,12H,6-7H2,1-3H3,(H,16,20)(H,18,22). The molecule has 0 radical (unpaired) electrons. The summed E-state index contributed by atoms with van der Waals surface area (Å²) in [6.07, 6.45) is 0.116. The number of amides is 1. The van der Waals surface area contributed by atoms with E-state index in [4.69, 9.17) is 17.0 Å². The van der Waals surface area contributed by atoms with E-state index in [9.17, 15) is 4.79 Å². The summed E-state index contributed by atoms with van der Waals surface area (Å²) in [6.45, 7) is 4.42. The van der Waals surface area contributed by atoms with E-state index < -0.39 is 6.10 Å². The Morgan fingerprint density at radius 2 is 2.23 bits per heavy atom. The summed E-state index contributed by atoms with van der Waals surface area (Å²) in [7, 11) is 1.81. The Morgan fingerprint density at radius 3 is 2.91 bits per heavy atom. The first kappa shape index (κ1) is 14.8. The van der Waals surface area contributed by atoms with Crippen molar-refractivity contribution in [2.45, 2.75) is 32.9 Å². The molecule has 1 aliphatic heterocycles. The highest BCUT2D eigenvalue weighted by atomic mass is 32.1. The molecule has 6 nitrogen and oxygen atoms in total. The van der Waals surface area contributed by atoms with Gasteiger partial charge in [0.15, 0.2) is 16.7 Å². The van der Waals surface area contributed by atoms with Crippen molar-refractivity contribution >= 4 is 18.1 Å². The Morgan fingerprint density at radius 1 is 1.50 bits per heavy atom. The Balaban J connectivity index is 1.65. The van der Waals surface area contributed by atoms with Crippen molar-refractivity contribution in [2.75, 3.05) is 0 Å². The number of aryl methyl sites for hydroxylation is 2. The maximum atomic E-state index is 12.3. The maximum Gasteiger partial charge on any atom is 0.261 e. The molecule has 0 aliphatic carbocycles. The molecular formula is C15H18N4O2S. The van der Waals surface area contributed by atoms with E-state index in [1.165, 1.54) is 11.1 Å². The molecule has 1 atom stereocenters. The first-order valence-electron chi connectivity index (χ1n) is 7.10. The zero-order chi connectivity index (χ0) is 15.9. The Labute approximate surface area is 133 Å². The molecule has 1 aliphatic rings. The normalized spacial score (nSPS) is 16.2. The van der Waals surface area contributed by atoms with Gasteiger partial charge in [0.05, 0.1) is 6.54 Å². The number of ether oxygens (including phenoxy) is 1. The van der Waals surface area contributed by atoms with Gasteiger partial charge >= 0.3 is 0 Å². The number of carbonyl (C=O) groups is 1. The van der Waals surface area contributed by atoms with E-state index >= 15 is 0 Å². The van der Waals surface area contributed by atoms with Crippen LogP contribution in [0, 0.1) is 18.6 Å². The molecule has 0 bridgehead atoms. The quantitative estimate of drug-likeness (QED) is 0.845. The second-order valence-electron chi connectivity index (χ2n) is 5.58. The van der Waals surface area contributed by atoms with E-state index in [0.717, 1.165) is 11.3 Å². The van der Waals surface area contributed by atoms with Gasteiger partial charge in [-0.25, -0.2) is 0 Å². The summed E-state index contributed by atoms with van der Waals surface area (Å²) < 4.78 is 8.02. The number of benzene rings is 1. The predicted octanol–water partition coefficient (Wildman–Crippen LogP) is 1.71. The Bertz CT molecular complexity index is 762. The fourth-order valence-corrected chi connectivity index (χ4v) is 2.63. The zero-order valence-corrected chi connectivity index (χ0v) is 13.6. The number of nitrogens with one attached hydrogen (secondary N) is 2. The van der Waals surface area contributed by atoms with E-state index in [2.05, 4.69) is 28.5 Å². The van der Waals surface area contributed by atoms with Gasteiger partial charge in [-0.15, -0.1) is 0 Å². The van der Waals surface area contributed by atoms with Crippen LogP contribution in [0.5, 0.6) is 5.75 Å². The number of carbonyl (C=O) groups excluding carboxylic acids is 1. The molecule has 0 saturated heterocycles. The largest absolute Gasteiger partial charge is 0.480 e.